The van der Waals surface area contributed by atoms with E-state index in [1.54, 1.807) is 0 Å². The highest BCUT2D eigenvalue weighted by molar-refractivity contribution is 6.22. The Morgan fingerprint density at radius 2 is 1.60 bits per heavy atom. The molecule has 1 radical (unpaired) electrons. The third-order valence-corrected chi connectivity index (χ3v) is 2.53. The van der Waals surface area contributed by atoms with E-state index in [0.717, 1.165) is 7.69 Å². The predicted octanol–water partition coefficient (Wildman–Crippen LogP) is 2.56. The highest BCUT2D eigenvalue weighted by Gasteiger charge is 2.33. The van der Waals surface area contributed by atoms with Crippen molar-refractivity contribution in [1.82, 2.24) is 0 Å². The van der Waals surface area contributed by atoms with Crippen LogP contribution in [-0.2, 0) is 14.1 Å². The molecule has 0 aromatic rings. The van der Waals surface area contributed by atoms with Crippen LogP contribution in [0.4, 0.5) is 0 Å². The van der Waals surface area contributed by atoms with Crippen LogP contribution in [0.5, 0.6) is 0 Å². The fraction of sp³-hybridized carbons (Fsp3) is 0.909. The molecule has 0 aromatic heterocycles. The zero-order chi connectivity index (χ0) is 12.3. The van der Waals surface area contributed by atoms with Crippen molar-refractivity contribution < 1.29 is 14.1 Å². The van der Waals surface area contributed by atoms with Crippen molar-refractivity contribution >= 4 is 13.7 Å². The van der Waals surface area contributed by atoms with Gasteiger partial charge in [0.15, 0.2) is 0 Å². The smallest absolute Gasteiger partial charge is 0.510 e. The summed E-state index contributed by atoms with van der Waals surface area (Å²) in [5.74, 6) is -0.0326. The minimum atomic E-state index is -0.488. The van der Waals surface area contributed by atoms with Crippen LogP contribution in [0.3, 0.4) is 0 Å². The van der Waals surface area contributed by atoms with Gasteiger partial charge in [-0.25, -0.2) is 0 Å². The van der Waals surface area contributed by atoms with Gasteiger partial charge in [-0.3, -0.25) is 4.79 Å². The fourth-order valence-electron chi connectivity index (χ4n) is 0.600. The van der Waals surface area contributed by atoms with Crippen molar-refractivity contribution in [1.29, 1.82) is 0 Å². The van der Waals surface area contributed by atoms with E-state index in [9.17, 15) is 4.79 Å². The van der Waals surface area contributed by atoms with Gasteiger partial charge in [-0.1, -0.05) is 13.8 Å². The topological polar surface area (TPSA) is 35.5 Å². The van der Waals surface area contributed by atoms with Crippen LogP contribution in [0.2, 0.25) is 0 Å². The van der Waals surface area contributed by atoms with Gasteiger partial charge in [0.1, 0.15) is 0 Å². The monoisotopic (exact) mass is 213 g/mol. The van der Waals surface area contributed by atoms with Crippen molar-refractivity contribution in [2.24, 2.45) is 11.3 Å². The molecule has 0 saturated carbocycles. The summed E-state index contributed by atoms with van der Waals surface area (Å²) in [6.45, 7) is 13.4. The van der Waals surface area contributed by atoms with Crippen molar-refractivity contribution in [3.05, 3.63) is 0 Å². The molecule has 4 heteroatoms. The Kier molecular flexibility index (Phi) is 4.85. The first-order chi connectivity index (χ1) is 6.57. The van der Waals surface area contributed by atoms with E-state index in [0.29, 0.717) is 0 Å². The van der Waals surface area contributed by atoms with E-state index in [-0.39, 0.29) is 17.5 Å². The van der Waals surface area contributed by atoms with E-state index in [1.165, 1.54) is 0 Å². The number of carbonyl (C=O) groups is 1. The molecule has 0 spiro atoms. The summed E-state index contributed by atoms with van der Waals surface area (Å²) < 4.78 is 10.2. The summed E-state index contributed by atoms with van der Waals surface area (Å²) in [5, 5.41) is 0. The minimum absolute atomic E-state index is 0.230. The van der Waals surface area contributed by atoms with Crippen LogP contribution >= 0.6 is 0 Å². The Labute approximate surface area is 93.8 Å². The Bertz CT molecular complexity index is 216. The van der Waals surface area contributed by atoms with Gasteiger partial charge < -0.3 is 9.31 Å². The second kappa shape index (κ2) is 5.02. The molecule has 0 rings (SSSR count). The molecule has 15 heavy (non-hydrogen) atoms. The molecule has 0 N–H and O–H groups in total. The van der Waals surface area contributed by atoms with Gasteiger partial charge in [0.2, 0.25) is 0 Å². The molecule has 87 valence electrons. The lowest BCUT2D eigenvalue weighted by Gasteiger charge is -2.27. The second-order valence-corrected chi connectivity index (χ2v) is 5.61. The first-order valence-corrected chi connectivity index (χ1v) is 5.28. The molecule has 0 saturated heterocycles. The molecular weight excluding hydrogens is 191 g/mol. The maximum Gasteiger partial charge on any atom is 0.574 e. The van der Waals surface area contributed by atoms with E-state index in [4.69, 9.17) is 9.31 Å². The van der Waals surface area contributed by atoms with Crippen molar-refractivity contribution in [2.75, 3.05) is 0 Å². The fourth-order valence-corrected chi connectivity index (χ4v) is 0.600. The standard InChI is InChI=1S/C11H22BO3/c1-8(2)11(6,7)9(13)14-12-15-10(3,4)5/h8H,1-7H3. The second-order valence-electron chi connectivity index (χ2n) is 5.61. The van der Waals surface area contributed by atoms with Gasteiger partial charge in [-0.15, -0.1) is 0 Å². The molecule has 0 bridgehead atoms. The Balaban J connectivity index is 4.06. The maximum absolute atomic E-state index is 11.7. The lowest BCUT2D eigenvalue weighted by molar-refractivity contribution is -0.147. The summed E-state index contributed by atoms with van der Waals surface area (Å²) >= 11 is 0. The van der Waals surface area contributed by atoms with Gasteiger partial charge in [-0.2, -0.15) is 0 Å². The van der Waals surface area contributed by atoms with Gasteiger partial charge in [-0.05, 0) is 40.5 Å². The first-order valence-electron chi connectivity index (χ1n) is 5.28. The third kappa shape index (κ3) is 5.21. The largest absolute Gasteiger partial charge is 0.574 e. The molecule has 0 amide bonds. The summed E-state index contributed by atoms with van der Waals surface area (Å²) in [6, 6.07) is 0. The Morgan fingerprint density at radius 3 is 1.93 bits per heavy atom. The third-order valence-electron chi connectivity index (χ3n) is 2.53. The van der Waals surface area contributed by atoms with Gasteiger partial charge in [0.25, 0.3) is 5.97 Å². The summed E-state index contributed by atoms with van der Waals surface area (Å²) in [4.78, 5) is 11.7. The quantitative estimate of drug-likeness (QED) is 0.673. The zero-order valence-corrected chi connectivity index (χ0v) is 10.9. The van der Waals surface area contributed by atoms with E-state index >= 15 is 0 Å². The number of rotatable bonds is 4. The lowest BCUT2D eigenvalue weighted by Crippen LogP contribution is -2.34. The molecule has 0 aliphatic rings. The maximum atomic E-state index is 11.7. The molecule has 0 unspecified atom stereocenters. The van der Waals surface area contributed by atoms with Crippen LogP contribution in [0.1, 0.15) is 48.5 Å². The van der Waals surface area contributed by atoms with E-state index < -0.39 is 5.41 Å². The molecule has 3 nitrogen and oxygen atoms in total. The SMILES string of the molecule is CC(C)C(C)(C)C(=O)O[B]OC(C)(C)C. The van der Waals surface area contributed by atoms with Crippen LogP contribution in [0.15, 0.2) is 0 Å². The molecule has 0 atom stereocenters. The number of carbonyl (C=O) groups excluding carboxylic acids is 1. The first kappa shape index (κ1) is 14.5. The van der Waals surface area contributed by atoms with Crippen LogP contribution < -0.4 is 0 Å². The van der Waals surface area contributed by atoms with Gasteiger partial charge in [0.05, 0.1) is 5.41 Å². The number of hydrogen-bond acceptors (Lipinski definition) is 3. The normalized spacial score (nSPS) is 12.8. The Morgan fingerprint density at radius 1 is 1.13 bits per heavy atom. The summed E-state index contributed by atoms with van der Waals surface area (Å²) in [6.07, 6.45) is 0. The van der Waals surface area contributed by atoms with Gasteiger partial charge in [0, 0.05) is 5.60 Å². The predicted molar refractivity (Wildman–Crippen MR) is 61.3 cm³/mol. The molecule has 0 heterocycles. The highest BCUT2D eigenvalue weighted by Crippen LogP contribution is 2.27. The summed E-state index contributed by atoms with van der Waals surface area (Å²) in [7, 11) is 1.13. The molecule has 0 aliphatic heterocycles. The van der Waals surface area contributed by atoms with Crippen LogP contribution in [-0.4, -0.2) is 19.3 Å². The van der Waals surface area contributed by atoms with Crippen LogP contribution in [0.25, 0.3) is 0 Å². The van der Waals surface area contributed by atoms with Crippen LogP contribution in [0, 0.1) is 11.3 Å². The molecular formula is C11H22BO3. The van der Waals surface area contributed by atoms with Crippen molar-refractivity contribution in [3.63, 3.8) is 0 Å². The lowest BCUT2D eigenvalue weighted by atomic mass is 9.81. The zero-order valence-electron chi connectivity index (χ0n) is 10.9. The average molecular weight is 213 g/mol. The number of hydrogen-bond donors (Lipinski definition) is 0. The molecule has 0 aliphatic carbocycles. The van der Waals surface area contributed by atoms with Crippen molar-refractivity contribution in [2.45, 2.75) is 54.1 Å². The van der Waals surface area contributed by atoms with E-state index in [1.807, 2.05) is 48.5 Å². The Hall–Kier alpha value is -0.505. The summed E-state index contributed by atoms with van der Waals surface area (Å²) in [5.41, 5.74) is -0.819. The molecule has 0 aromatic carbocycles. The van der Waals surface area contributed by atoms with Crippen molar-refractivity contribution in [3.8, 4) is 0 Å². The van der Waals surface area contributed by atoms with Gasteiger partial charge >= 0.3 is 7.69 Å². The van der Waals surface area contributed by atoms with E-state index in [2.05, 4.69) is 0 Å². The highest BCUT2D eigenvalue weighted by atomic mass is 16.6. The minimum Gasteiger partial charge on any atom is -0.510 e. The average Bonchev–Trinajstić information content (AvgIpc) is 2.01. The molecule has 0 fully saturated rings.